The van der Waals surface area contributed by atoms with Crippen LogP contribution in [-0.2, 0) is 6.42 Å². The van der Waals surface area contributed by atoms with Gasteiger partial charge in [-0.15, -0.1) is 0 Å². The zero-order chi connectivity index (χ0) is 33.9. The molecule has 0 saturated heterocycles. The van der Waals surface area contributed by atoms with Crippen LogP contribution in [0, 0.1) is 0 Å². The maximum atomic E-state index is 6.71. The van der Waals surface area contributed by atoms with Crippen LogP contribution in [0.2, 0.25) is 0 Å². The summed E-state index contributed by atoms with van der Waals surface area (Å²) in [6.45, 7) is 0. The van der Waals surface area contributed by atoms with Gasteiger partial charge in [-0.1, -0.05) is 109 Å². The van der Waals surface area contributed by atoms with Crippen LogP contribution in [-0.4, -0.2) is 18.7 Å². The third kappa shape index (κ3) is 4.59. The molecule has 4 aromatic heterocycles. The number of hydrogen-bond acceptors (Lipinski definition) is 2. The molecule has 0 fully saturated rings. The van der Waals surface area contributed by atoms with Crippen LogP contribution < -0.4 is 5.73 Å². The second-order valence-electron chi connectivity index (χ2n) is 13.0. The van der Waals surface area contributed by atoms with Crippen molar-refractivity contribution in [3.05, 3.63) is 182 Å². The van der Waals surface area contributed by atoms with Crippen molar-refractivity contribution in [2.24, 2.45) is 5.73 Å². The number of nitrogens with two attached hydrogens (primary N) is 1. The minimum Gasteiger partial charge on any atom is -0.385 e. The summed E-state index contributed by atoms with van der Waals surface area (Å²) in [6, 6.07) is 55.8. The Morgan fingerprint density at radius 3 is 1.63 bits per heavy atom. The minimum atomic E-state index is 0.676. The Bertz CT molecular complexity index is 2950. The topological polar surface area (TPSA) is 53.7 Å². The highest BCUT2D eigenvalue weighted by molar-refractivity contribution is 6.19. The molecular weight excluding hydrogens is 623 g/mol. The Morgan fingerprint density at radius 1 is 0.490 bits per heavy atom. The van der Waals surface area contributed by atoms with E-state index in [1.165, 1.54) is 43.4 Å². The first-order valence-corrected chi connectivity index (χ1v) is 17.3. The van der Waals surface area contributed by atoms with Gasteiger partial charge >= 0.3 is 0 Å². The van der Waals surface area contributed by atoms with Gasteiger partial charge in [-0.05, 0) is 66.7 Å². The minimum absolute atomic E-state index is 0.676. The van der Waals surface area contributed by atoms with E-state index in [0.717, 1.165) is 39.3 Å². The Kier molecular flexibility index (Phi) is 6.64. The highest BCUT2D eigenvalue weighted by Gasteiger charge is 2.19. The summed E-state index contributed by atoms with van der Waals surface area (Å²) in [4.78, 5) is 5.21. The molecule has 6 aromatic carbocycles. The van der Waals surface area contributed by atoms with Gasteiger partial charge in [-0.3, -0.25) is 9.13 Å². The van der Waals surface area contributed by atoms with Gasteiger partial charge in [0.25, 0.3) is 0 Å². The molecule has 51 heavy (non-hydrogen) atoms. The average Bonchev–Trinajstić information content (AvgIpc) is 3.81. The molecular formula is C46H33N5. The fourth-order valence-electron chi connectivity index (χ4n) is 7.87. The van der Waals surface area contributed by atoms with Gasteiger partial charge in [0.2, 0.25) is 0 Å². The lowest BCUT2D eigenvalue weighted by Crippen LogP contribution is -2.05. The van der Waals surface area contributed by atoms with Crippen molar-refractivity contribution < 1.29 is 0 Å². The van der Waals surface area contributed by atoms with E-state index < -0.39 is 0 Å². The first kappa shape index (κ1) is 29.1. The summed E-state index contributed by atoms with van der Waals surface area (Å²) >= 11 is 0. The number of fused-ring (bicyclic) bond motifs is 9. The standard InChI is InChI=1S/C46H33N5/c47-45(50-40-24-10-5-19-33(40)34-20-6-11-25-41(34)50)27-13-4-15-31-16-14-28-46(48-31)51-42-26-12-8-22-36(42)38-29-43-37(30-44(38)51)35-21-7-9-23-39(35)49(43)32-17-2-1-3-18-32/h1-14,16-30H,15,47H2/b13-4-,45-27+. The first-order chi connectivity index (χ1) is 25.2. The first-order valence-electron chi connectivity index (χ1n) is 17.3. The zero-order valence-electron chi connectivity index (χ0n) is 27.8. The number of hydrogen-bond donors (Lipinski definition) is 1. The number of aromatic nitrogens is 4. The molecule has 0 unspecified atom stereocenters. The normalized spacial score (nSPS) is 12.5. The Morgan fingerprint density at radius 2 is 1.00 bits per heavy atom. The van der Waals surface area contributed by atoms with E-state index >= 15 is 0 Å². The Hall–Kier alpha value is -6.85. The Balaban J connectivity index is 1.05. The van der Waals surface area contributed by atoms with E-state index in [2.05, 4.69) is 178 Å². The molecule has 0 atom stereocenters. The number of rotatable bonds is 6. The van der Waals surface area contributed by atoms with Crippen molar-refractivity contribution in [1.29, 1.82) is 0 Å². The third-order valence-corrected chi connectivity index (χ3v) is 10.1. The summed E-state index contributed by atoms with van der Waals surface area (Å²) < 4.78 is 6.82. The molecule has 10 rings (SSSR count). The molecule has 10 aromatic rings. The number of benzene rings is 6. The van der Waals surface area contributed by atoms with Crippen molar-refractivity contribution in [3.63, 3.8) is 0 Å². The molecule has 0 bridgehead atoms. The van der Waals surface area contributed by atoms with Crippen molar-refractivity contribution >= 4 is 71.2 Å². The third-order valence-electron chi connectivity index (χ3n) is 10.1. The van der Waals surface area contributed by atoms with E-state index in [9.17, 15) is 0 Å². The summed E-state index contributed by atoms with van der Waals surface area (Å²) in [5.41, 5.74) is 15.7. The number of nitrogens with zero attached hydrogens (tertiary/aromatic N) is 4. The number of para-hydroxylation sites is 5. The lowest BCUT2D eigenvalue weighted by atomic mass is 10.1. The van der Waals surface area contributed by atoms with Crippen LogP contribution in [0.4, 0.5) is 0 Å². The van der Waals surface area contributed by atoms with Crippen LogP contribution in [0.15, 0.2) is 176 Å². The van der Waals surface area contributed by atoms with Gasteiger partial charge in [-0.25, -0.2) is 4.98 Å². The highest BCUT2D eigenvalue weighted by atomic mass is 15.1. The van der Waals surface area contributed by atoms with Gasteiger partial charge in [0.15, 0.2) is 0 Å². The van der Waals surface area contributed by atoms with Crippen LogP contribution in [0.3, 0.4) is 0 Å². The molecule has 0 aliphatic carbocycles. The molecule has 242 valence electrons. The maximum absolute atomic E-state index is 6.71. The predicted molar refractivity (Wildman–Crippen MR) is 214 cm³/mol. The fraction of sp³-hybridized carbons (Fsp3) is 0.0217. The van der Waals surface area contributed by atoms with Gasteiger partial charge in [0, 0.05) is 50.1 Å². The number of pyridine rings is 1. The molecule has 0 saturated carbocycles. The van der Waals surface area contributed by atoms with Crippen LogP contribution in [0.5, 0.6) is 0 Å². The number of allylic oxidation sites excluding steroid dienone is 3. The highest BCUT2D eigenvalue weighted by Crippen LogP contribution is 2.39. The molecule has 0 amide bonds. The molecule has 0 aliphatic heterocycles. The predicted octanol–water partition coefficient (Wildman–Crippen LogP) is 10.9. The largest absolute Gasteiger partial charge is 0.385 e. The van der Waals surface area contributed by atoms with Gasteiger partial charge in [0.05, 0.1) is 33.1 Å². The van der Waals surface area contributed by atoms with Crippen LogP contribution in [0.1, 0.15) is 5.69 Å². The smallest absolute Gasteiger partial charge is 0.137 e. The maximum Gasteiger partial charge on any atom is 0.137 e. The Labute approximate surface area is 294 Å². The van der Waals surface area contributed by atoms with E-state index in [0.29, 0.717) is 12.2 Å². The fourth-order valence-corrected chi connectivity index (χ4v) is 7.87. The van der Waals surface area contributed by atoms with E-state index in [-0.39, 0.29) is 0 Å². The zero-order valence-corrected chi connectivity index (χ0v) is 27.8. The molecule has 0 aliphatic rings. The lowest BCUT2D eigenvalue weighted by molar-refractivity contribution is 1.02. The quantitative estimate of drug-likeness (QED) is 0.181. The van der Waals surface area contributed by atoms with Gasteiger partial charge < -0.3 is 10.3 Å². The second kappa shape index (κ2) is 11.6. The lowest BCUT2D eigenvalue weighted by Gasteiger charge is -2.09. The van der Waals surface area contributed by atoms with E-state index in [1.54, 1.807) is 0 Å². The van der Waals surface area contributed by atoms with E-state index in [1.807, 2.05) is 12.2 Å². The van der Waals surface area contributed by atoms with Gasteiger partial charge in [0.1, 0.15) is 11.6 Å². The van der Waals surface area contributed by atoms with Crippen LogP contribution in [0.25, 0.3) is 82.7 Å². The van der Waals surface area contributed by atoms with Crippen molar-refractivity contribution in [2.75, 3.05) is 0 Å². The van der Waals surface area contributed by atoms with Gasteiger partial charge in [-0.2, -0.15) is 0 Å². The van der Waals surface area contributed by atoms with Crippen molar-refractivity contribution in [1.82, 2.24) is 18.7 Å². The second-order valence-corrected chi connectivity index (χ2v) is 13.0. The van der Waals surface area contributed by atoms with Crippen molar-refractivity contribution in [2.45, 2.75) is 6.42 Å². The van der Waals surface area contributed by atoms with E-state index in [4.69, 9.17) is 10.7 Å². The summed E-state index contributed by atoms with van der Waals surface area (Å²) in [6.07, 6.45) is 6.82. The summed E-state index contributed by atoms with van der Waals surface area (Å²) in [5.74, 6) is 1.58. The monoisotopic (exact) mass is 655 g/mol. The molecule has 0 radical (unpaired) electrons. The SMILES string of the molecule is N/C(=C\C=C/Cc1cccc(-n2c3ccccc3c3cc4c(cc32)c2ccccc2n4-c2ccccc2)n1)n1c2ccccc2c2ccccc21. The van der Waals surface area contributed by atoms with Crippen molar-refractivity contribution in [3.8, 4) is 11.5 Å². The average molecular weight is 656 g/mol. The molecule has 5 heteroatoms. The molecule has 5 nitrogen and oxygen atoms in total. The molecule has 0 spiro atoms. The molecule has 4 heterocycles. The molecule has 2 N–H and O–H groups in total. The van der Waals surface area contributed by atoms with Crippen LogP contribution >= 0.6 is 0 Å². The summed E-state index contributed by atoms with van der Waals surface area (Å²) in [7, 11) is 0. The summed E-state index contributed by atoms with van der Waals surface area (Å²) in [5, 5.41) is 7.25.